The van der Waals surface area contributed by atoms with E-state index in [4.69, 9.17) is 10.8 Å². The summed E-state index contributed by atoms with van der Waals surface area (Å²) >= 11 is 0.969. The van der Waals surface area contributed by atoms with Gasteiger partial charge in [0.15, 0.2) is 5.17 Å². The summed E-state index contributed by atoms with van der Waals surface area (Å²) in [6.07, 6.45) is 1.51. The fourth-order valence-corrected chi connectivity index (χ4v) is 3.40. The van der Waals surface area contributed by atoms with Crippen LogP contribution in [-0.2, 0) is 9.59 Å². The molecule has 28 heavy (non-hydrogen) atoms. The van der Waals surface area contributed by atoms with Gasteiger partial charge in [-0.2, -0.15) is 5.10 Å². The normalized spacial score (nSPS) is 17.5. The molecular formula is C19H16N4O4S. The van der Waals surface area contributed by atoms with Crippen molar-refractivity contribution in [3.05, 3.63) is 65.7 Å². The first kappa shape index (κ1) is 19.3. The highest BCUT2D eigenvalue weighted by Crippen LogP contribution is 2.29. The van der Waals surface area contributed by atoms with Gasteiger partial charge in [0, 0.05) is 6.42 Å². The van der Waals surface area contributed by atoms with Crippen LogP contribution in [0.3, 0.4) is 0 Å². The second-order valence-corrected chi connectivity index (χ2v) is 7.05. The summed E-state index contributed by atoms with van der Waals surface area (Å²) in [4.78, 5) is 36.8. The number of thioether (sulfide) groups is 1. The van der Waals surface area contributed by atoms with Crippen molar-refractivity contribution in [3.8, 4) is 0 Å². The highest BCUT2D eigenvalue weighted by atomic mass is 32.2. The molecule has 0 spiro atoms. The molecule has 1 fully saturated rings. The number of hydrogen-bond donors (Lipinski definition) is 2. The molecule has 2 amide bonds. The molecule has 1 aliphatic heterocycles. The number of hydrogen-bond acceptors (Lipinski definition) is 6. The summed E-state index contributed by atoms with van der Waals surface area (Å²) in [5.41, 5.74) is 7.06. The molecule has 0 aromatic heterocycles. The molecule has 8 nitrogen and oxygen atoms in total. The van der Waals surface area contributed by atoms with Gasteiger partial charge in [-0.05, 0) is 29.8 Å². The Balaban J connectivity index is 1.66. The molecular weight excluding hydrogens is 380 g/mol. The molecule has 3 rings (SSSR count). The van der Waals surface area contributed by atoms with Crippen molar-refractivity contribution in [2.24, 2.45) is 15.9 Å². The lowest BCUT2D eigenvalue weighted by Gasteiger charge is -2.14. The summed E-state index contributed by atoms with van der Waals surface area (Å²) in [5, 5.41) is 16.0. The first-order chi connectivity index (χ1) is 13.5. The average molecular weight is 396 g/mol. The zero-order chi connectivity index (χ0) is 20.1. The minimum atomic E-state index is -1.08. The van der Waals surface area contributed by atoms with E-state index in [2.05, 4.69) is 10.2 Å². The summed E-state index contributed by atoms with van der Waals surface area (Å²) in [6.45, 7) is 0. The number of anilines is 1. The van der Waals surface area contributed by atoms with Crippen LogP contribution in [0.1, 0.15) is 22.3 Å². The van der Waals surface area contributed by atoms with Gasteiger partial charge in [0.05, 0.1) is 17.5 Å². The molecule has 2 aromatic rings. The Morgan fingerprint density at radius 2 is 1.82 bits per heavy atom. The molecule has 142 valence electrons. The van der Waals surface area contributed by atoms with Crippen LogP contribution in [-0.4, -0.2) is 39.5 Å². The van der Waals surface area contributed by atoms with E-state index >= 15 is 0 Å². The van der Waals surface area contributed by atoms with Crippen LogP contribution in [0.25, 0.3) is 0 Å². The lowest BCUT2D eigenvalue weighted by atomic mass is 10.2. The minimum absolute atomic E-state index is 0.0250. The first-order valence-electron chi connectivity index (χ1n) is 8.24. The van der Waals surface area contributed by atoms with E-state index in [1.807, 2.05) is 30.3 Å². The quantitative estimate of drug-likeness (QED) is 0.345. The van der Waals surface area contributed by atoms with Gasteiger partial charge in [0.1, 0.15) is 5.25 Å². The van der Waals surface area contributed by atoms with Gasteiger partial charge in [-0.1, -0.05) is 42.1 Å². The maximum Gasteiger partial charge on any atom is 0.335 e. The van der Waals surface area contributed by atoms with Gasteiger partial charge in [-0.3, -0.25) is 9.59 Å². The standard InChI is InChI=1S/C19H16N4O4S/c20-19(22-21-11-12-4-2-1-3-5-12)28-15-10-16(24)23(17(15)25)14-8-6-13(7-9-14)18(26)27/h1-9,11,15H,10H2,(H2,20,22)(H,26,27). The van der Waals surface area contributed by atoms with Gasteiger partial charge >= 0.3 is 5.97 Å². The number of imide groups is 1. The van der Waals surface area contributed by atoms with Gasteiger partial charge in [-0.25, -0.2) is 9.69 Å². The van der Waals surface area contributed by atoms with E-state index < -0.39 is 17.1 Å². The number of nitrogens with zero attached hydrogens (tertiary/aromatic N) is 3. The van der Waals surface area contributed by atoms with Crippen molar-refractivity contribution in [1.29, 1.82) is 0 Å². The lowest BCUT2D eigenvalue weighted by Crippen LogP contribution is -2.31. The molecule has 0 saturated carbocycles. The third kappa shape index (κ3) is 4.44. The Morgan fingerprint density at radius 3 is 2.46 bits per heavy atom. The highest BCUT2D eigenvalue weighted by Gasteiger charge is 2.40. The second-order valence-electron chi connectivity index (χ2n) is 5.82. The predicted octanol–water partition coefficient (Wildman–Crippen LogP) is 2.10. The van der Waals surface area contributed by atoms with Crippen molar-refractivity contribution in [3.63, 3.8) is 0 Å². The van der Waals surface area contributed by atoms with Gasteiger partial charge in [-0.15, -0.1) is 5.10 Å². The van der Waals surface area contributed by atoms with Crippen LogP contribution < -0.4 is 10.6 Å². The van der Waals surface area contributed by atoms with Crippen LogP contribution in [0, 0.1) is 0 Å². The van der Waals surface area contributed by atoms with Gasteiger partial charge in [0.2, 0.25) is 11.8 Å². The van der Waals surface area contributed by atoms with Crippen LogP contribution in [0.15, 0.2) is 64.8 Å². The zero-order valence-electron chi connectivity index (χ0n) is 14.6. The number of carbonyl (C=O) groups excluding carboxylic acids is 2. The number of amidine groups is 1. The number of benzene rings is 2. The molecule has 0 radical (unpaired) electrons. The molecule has 2 aromatic carbocycles. The summed E-state index contributed by atoms with van der Waals surface area (Å²) in [5.74, 6) is -1.89. The van der Waals surface area contributed by atoms with E-state index in [9.17, 15) is 14.4 Å². The number of carboxylic acid groups (broad SMARTS) is 1. The van der Waals surface area contributed by atoms with Crippen molar-refractivity contribution >= 4 is 46.6 Å². The lowest BCUT2D eigenvalue weighted by molar-refractivity contribution is -0.121. The zero-order valence-corrected chi connectivity index (χ0v) is 15.4. The number of carboxylic acids is 1. The smallest absolute Gasteiger partial charge is 0.335 e. The fourth-order valence-electron chi connectivity index (χ4n) is 2.58. The van der Waals surface area contributed by atoms with E-state index in [1.54, 1.807) is 0 Å². The molecule has 0 aliphatic carbocycles. The Hall–Kier alpha value is -3.46. The average Bonchev–Trinajstić information content (AvgIpc) is 2.96. The van der Waals surface area contributed by atoms with Crippen LogP contribution >= 0.6 is 11.8 Å². The van der Waals surface area contributed by atoms with E-state index in [-0.39, 0.29) is 23.1 Å². The largest absolute Gasteiger partial charge is 0.478 e. The minimum Gasteiger partial charge on any atom is -0.478 e. The van der Waals surface area contributed by atoms with Crippen molar-refractivity contribution in [2.75, 3.05) is 4.90 Å². The monoisotopic (exact) mass is 396 g/mol. The number of carbonyl (C=O) groups is 3. The molecule has 9 heteroatoms. The number of rotatable bonds is 5. The van der Waals surface area contributed by atoms with Gasteiger partial charge in [0.25, 0.3) is 0 Å². The highest BCUT2D eigenvalue weighted by molar-refractivity contribution is 8.14. The van der Waals surface area contributed by atoms with Crippen LogP contribution in [0.5, 0.6) is 0 Å². The topological polar surface area (TPSA) is 125 Å². The Kier molecular flexibility index (Phi) is 5.85. The third-order valence-corrected chi connectivity index (χ3v) is 4.88. The maximum atomic E-state index is 12.6. The fraction of sp³-hybridized carbons (Fsp3) is 0.105. The molecule has 0 bridgehead atoms. The SMILES string of the molecule is NC(=NN=Cc1ccccc1)SC1CC(=O)N(c2ccc(C(=O)O)cc2)C1=O. The second kappa shape index (κ2) is 8.49. The Morgan fingerprint density at radius 1 is 1.14 bits per heavy atom. The van der Waals surface area contributed by atoms with Gasteiger partial charge < -0.3 is 10.8 Å². The Labute approximate surface area is 164 Å². The molecule has 1 heterocycles. The van der Waals surface area contributed by atoms with E-state index in [1.165, 1.54) is 30.5 Å². The molecule has 3 N–H and O–H groups in total. The van der Waals surface area contributed by atoms with Crippen LogP contribution in [0.2, 0.25) is 0 Å². The number of amides is 2. The first-order valence-corrected chi connectivity index (χ1v) is 9.12. The number of aromatic carboxylic acids is 1. The molecule has 1 atom stereocenters. The third-order valence-electron chi connectivity index (χ3n) is 3.90. The predicted molar refractivity (Wildman–Crippen MR) is 108 cm³/mol. The maximum absolute atomic E-state index is 12.6. The molecule has 1 aliphatic rings. The van der Waals surface area contributed by atoms with Crippen molar-refractivity contribution < 1.29 is 19.5 Å². The molecule has 1 saturated heterocycles. The number of nitrogens with two attached hydrogens (primary N) is 1. The summed E-state index contributed by atoms with van der Waals surface area (Å²) in [7, 11) is 0. The van der Waals surface area contributed by atoms with Crippen molar-refractivity contribution in [2.45, 2.75) is 11.7 Å². The summed E-state index contributed by atoms with van der Waals surface area (Å²) in [6, 6.07) is 14.9. The van der Waals surface area contributed by atoms with Crippen molar-refractivity contribution in [1.82, 2.24) is 0 Å². The van der Waals surface area contributed by atoms with Crippen LogP contribution in [0.4, 0.5) is 5.69 Å². The Bertz CT molecular complexity index is 958. The molecule has 1 unspecified atom stereocenters. The van der Waals surface area contributed by atoms with E-state index in [0.29, 0.717) is 5.69 Å². The summed E-state index contributed by atoms with van der Waals surface area (Å²) < 4.78 is 0. The van der Waals surface area contributed by atoms with E-state index in [0.717, 1.165) is 22.2 Å².